The maximum absolute atomic E-state index is 12.3. The average molecular weight is 950 g/mol. The van der Waals surface area contributed by atoms with Gasteiger partial charge in [0.15, 0.2) is 0 Å². The van der Waals surface area contributed by atoms with Crippen LogP contribution in [0.2, 0.25) is 0 Å². The number of carbonyl (C=O) groups is 2. The number of rotatable bonds is 12. The molecule has 1 N–H and O–H groups in total. The number of carboxylic acid groups (broad SMARTS) is 1. The Bertz CT molecular complexity index is 2170. The lowest BCUT2D eigenvalue weighted by Gasteiger charge is -2.10. The first kappa shape index (κ1) is 55.3. The van der Waals surface area contributed by atoms with E-state index in [-0.39, 0.29) is 15.7 Å². The summed E-state index contributed by atoms with van der Waals surface area (Å²) in [7, 11) is 2.59. The Morgan fingerprint density at radius 3 is 0.968 bits per heavy atom. The van der Waals surface area contributed by atoms with E-state index in [9.17, 15) is 52.8 Å². The van der Waals surface area contributed by atoms with Crippen LogP contribution in [0.25, 0.3) is 0 Å². The van der Waals surface area contributed by atoms with Gasteiger partial charge in [-0.15, -0.1) is 0 Å². The van der Waals surface area contributed by atoms with Crippen LogP contribution in [0.5, 0.6) is 0 Å². The zero-order valence-corrected chi connectivity index (χ0v) is 37.4. The normalized spacial score (nSPS) is 13.5. The Balaban J connectivity index is 0.000000391. The second-order valence-electron chi connectivity index (χ2n) is 13.6. The number of alkyl halides is 6. The van der Waals surface area contributed by atoms with E-state index in [2.05, 4.69) is 0 Å². The van der Waals surface area contributed by atoms with E-state index in [0.29, 0.717) is 16.7 Å². The highest BCUT2D eigenvalue weighted by Crippen LogP contribution is 2.26. The smallest absolute Gasteiger partial charge is 0.310 e. The standard InChI is InChI=1S/2C9H9ClF2O2S.C9H10F2.C9H10O2.C9H10O/c2*1-6(9(11)12)7-2-4-8(5-3-7)15(10,13)14;2*1-7(9(10)11)8-5-3-2-4-6-8;1-8(7-10)9-5-3-2-4-6-9/h2*2-6,9H,1H3;2-7,9H,1H3;2-7H,1H3,(H,10,11);2-8H,1H3. The van der Waals surface area contributed by atoms with Crippen molar-refractivity contribution in [3.05, 3.63) is 167 Å². The molecule has 0 saturated carbocycles. The molecule has 0 aliphatic heterocycles. The molecule has 0 aromatic heterocycles. The lowest BCUT2D eigenvalue weighted by Crippen LogP contribution is -2.06. The molecule has 5 atom stereocenters. The summed E-state index contributed by atoms with van der Waals surface area (Å²) in [6.07, 6.45) is -6.25. The number of carbonyl (C=O) groups excluding carboxylic acids is 1. The van der Waals surface area contributed by atoms with Crippen molar-refractivity contribution in [2.24, 2.45) is 0 Å². The van der Waals surface area contributed by atoms with Crippen molar-refractivity contribution in [2.75, 3.05) is 0 Å². The van der Waals surface area contributed by atoms with Crippen LogP contribution in [0.15, 0.2) is 149 Å². The molecular formula is C45H48Cl2F6O7S2. The lowest BCUT2D eigenvalue weighted by molar-refractivity contribution is -0.138. The van der Waals surface area contributed by atoms with Crippen LogP contribution in [0.1, 0.15) is 92.0 Å². The number of hydrogen-bond acceptors (Lipinski definition) is 6. The number of halogens is 8. The third-order valence-corrected chi connectivity index (χ3v) is 11.8. The number of benzene rings is 5. The minimum Gasteiger partial charge on any atom is -0.481 e. The zero-order valence-electron chi connectivity index (χ0n) is 34.2. The summed E-state index contributed by atoms with van der Waals surface area (Å²) in [6, 6.07) is 38.0. The fourth-order valence-electron chi connectivity index (χ4n) is 4.78. The average Bonchev–Trinajstić information content (AvgIpc) is 3.26. The van der Waals surface area contributed by atoms with Gasteiger partial charge >= 0.3 is 5.97 Å². The first-order chi connectivity index (χ1) is 28.9. The Morgan fingerprint density at radius 1 is 0.468 bits per heavy atom. The van der Waals surface area contributed by atoms with Crippen LogP contribution in [0.3, 0.4) is 0 Å². The second-order valence-corrected chi connectivity index (χ2v) is 18.7. The molecule has 62 heavy (non-hydrogen) atoms. The molecule has 5 aromatic rings. The summed E-state index contributed by atoms with van der Waals surface area (Å²) in [5, 5.41) is 8.64. The molecule has 0 aliphatic carbocycles. The third-order valence-electron chi connectivity index (χ3n) is 9.03. The van der Waals surface area contributed by atoms with E-state index in [1.54, 1.807) is 31.2 Å². The number of carboxylic acids is 1. The van der Waals surface area contributed by atoms with E-state index < -0.39 is 67.0 Å². The summed E-state index contributed by atoms with van der Waals surface area (Å²) in [4.78, 5) is 20.6. The molecule has 5 rings (SSSR count). The van der Waals surface area contributed by atoms with Crippen LogP contribution in [0.4, 0.5) is 26.3 Å². The number of aliphatic carboxylic acids is 1. The third kappa shape index (κ3) is 20.4. The van der Waals surface area contributed by atoms with Crippen molar-refractivity contribution in [1.29, 1.82) is 0 Å². The molecule has 338 valence electrons. The Hall–Kier alpha value is -4.70. The van der Waals surface area contributed by atoms with Crippen LogP contribution in [0, 0.1) is 0 Å². The Morgan fingerprint density at radius 2 is 0.726 bits per heavy atom. The summed E-state index contributed by atoms with van der Waals surface area (Å²) in [5.74, 6) is -3.65. The van der Waals surface area contributed by atoms with Crippen LogP contribution in [-0.4, -0.2) is 53.5 Å². The van der Waals surface area contributed by atoms with Crippen LogP contribution >= 0.6 is 21.4 Å². The molecule has 5 aromatic carbocycles. The van der Waals surface area contributed by atoms with E-state index in [1.807, 2.05) is 73.7 Å². The van der Waals surface area contributed by atoms with Gasteiger partial charge in [-0.25, -0.2) is 43.2 Å². The first-order valence-corrected chi connectivity index (χ1v) is 23.3. The summed E-state index contributed by atoms with van der Waals surface area (Å²) in [5.41, 5.74) is 3.39. The molecular weight excluding hydrogens is 902 g/mol. The second kappa shape index (κ2) is 27.4. The quantitative estimate of drug-likeness (QED) is 0.0750. The highest BCUT2D eigenvalue weighted by Gasteiger charge is 2.19. The van der Waals surface area contributed by atoms with Gasteiger partial charge in [-0.3, -0.25) is 4.79 Å². The number of hydrogen-bond donors (Lipinski definition) is 1. The maximum Gasteiger partial charge on any atom is 0.310 e. The fourth-order valence-corrected chi connectivity index (χ4v) is 6.32. The first-order valence-electron chi connectivity index (χ1n) is 18.7. The molecule has 5 unspecified atom stereocenters. The van der Waals surface area contributed by atoms with E-state index in [1.165, 1.54) is 69.3 Å². The highest BCUT2D eigenvalue weighted by molar-refractivity contribution is 8.14. The molecule has 0 spiro atoms. The van der Waals surface area contributed by atoms with Crippen LogP contribution < -0.4 is 0 Å². The van der Waals surface area contributed by atoms with Gasteiger partial charge < -0.3 is 9.90 Å². The minimum absolute atomic E-state index is 0.0289. The molecule has 0 heterocycles. The largest absolute Gasteiger partial charge is 0.481 e. The molecule has 17 heteroatoms. The molecule has 0 amide bonds. The molecule has 0 bridgehead atoms. The van der Waals surface area contributed by atoms with Gasteiger partial charge in [-0.1, -0.05) is 143 Å². The molecule has 0 saturated heterocycles. The monoisotopic (exact) mass is 948 g/mol. The van der Waals surface area contributed by atoms with Crippen molar-refractivity contribution >= 4 is 51.7 Å². The predicted octanol–water partition coefficient (Wildman–Crippen LogP) is 12.9. The van der Waals surface area contributed by atoms with Crippen molar-refractivity contribution in [1.82, 2.24) is 0 Å². The molecule has 0 fully saturated rings. The van der Waals surface area contributed by atoms with Crippen molar-refractivity contribution in [3.8, 4) is 0 Å². The van der Waals surface area contributed by atoms with Crippen molar-refractivity contribution in [2.45, 2.75) is 93.3 Å². The van der Waals surface area contributed by atoms with Gasteiger partial charge in [0.1, 0.15) is 6.29 Å². The molecule has 0 aliphatic rings. The van der Waals surface area contributed by atoms with Crippen LogP contribution in [-0.2, 0) is 27.7 Å². The van der Waals surface area contributed by atoms with E-state index >= 15 is 0 Å². The van der Waals surface area contributed by atoms with Gasteiger partial charge in [0.05, 0.1) is 15.7 Å². The molecule has 0 radical (unpaired) electrons. The van der Waals surface area contributed by atoms with Gasteiger partial charge in [0.2, 0.25) is 19.3 Å². The summed E-state index contributed by atoms with van der Waals surface area (Å²) in [6.45, 7) is 7.84. The van der Waals surface area contributed by atoms with Gasteiger partial charge in [-0.2, -0.15) is 0 Å². The lowest BCUT2D eigenvalue weighted by atomic mass is 10.0. The highest BCUT2D eigenvalue weighted by atomic mass is 35.7. The Labute approximate surface area is 368 Å². The summed E-state index contributed by atoms with van der Waals surface area (Å²) >= 11 is 0. The fraction of sp³-hybridized carbons (Fsp3) is 0.289. The van der Waals surface area contributed by atoms with Gasteiger partial charge in [0, 0.05) is 45.0 Å². The SMILES string of the molecule is CC(C(=O)O)c1ccccc1.CC(C=O)c1ccccc1.CC(c1ccc(S(=O)(=O)Cl)cc1)C(F)F.CC(c1ccc(S(=O)(=O)Cl)cc1)C(F)F.CC(c1ccccc1)C(F)F. The zero-order chi connectivity index (χ0) is 47.2. The van der Waals surface area contributed by atoms with E-state index in [0.717, 1.165) is 17.4 Å². The number of aldehydes is 1. The Kier molecular flexibility index (Phi) is 24.4. The molecule has 7 nitrogen and oxygen atoms in total. The predicted molar refractivity (Wildman–Crippen MR) is 232 cm³/mol. The van der Waals surface area contributed by atoms with Gasteiger partial charge in [0.25, 0.3) is 18.1 Å². The topological polar surface area (TPSA) is 123 Å². The van der Waals surface area contributed by atoms with E-state index in [4.69, 9.17) is 26.5 Å². The summed E-state index contributed by atoms with van der Waals surface area (Å²) < 4.78 is 117. The van der Waals surface area contributed by atoms with Crippen molar-refractivity contribution < 1.29 is 57.9 Å². The minimum atomic E-state index is -3.78. The van der Waals surface area contributed by atoms with Crippen molar-refractivity contribution in [3.63, 3.8) is 0 Å². The maximum atomic E-state index is 12.3. The van der Waals surface area contributed by atoms with Gasteiger partial charge in [-0.05, 0) is 59.0 Å².